The highest BCUT2D eigenvalue weighted by molar-refractivity contribution is 7.89. The lowest BCUT2D eigenvalue weighted by atomic mass is 10.1. The van der Waals surface area contributed by atoms with Crippen molar-refractivity contribution < 1.29 is 26.0 Å². The number of sulfonamides is 1. The molecule has 2 heterocycles. The van der Waals surface area contributed by atoms with E-state index in [-0.39, 0.29) is 10.8 Å². The Hall–Kier alpha value is -1.94. The molecule has 0 radical (unpaired) electrons. The SMILES string of the molecule is O=S(=O)(c1ccc(C(F)(F)F)cc1)N1C(CF)c2[nH]ncc2[C@H]1C1CC1. The van der Waals surface area contributed by atoms with Crippen LogP contribution in [0.1, 0.15) is 41.7 Å². The maximum absolute atomic E-state index is 13.7. The van der Waals surface area contributed by atoms with Gasteiger partial charge in [0, 0.05) is 5.56 Å². The maximum atomic E-state index is 13.7. The zero-order valence-corrected chi connectivity index (χ0v) is 14.2. The van der Waals surface area contributed by atoms with Crippen LogP contribution in [0.25, 0.3) is 0 Å². The molecule has 1 saturated carbocycles. The standard InChI is InChI=1S/C16H15F4N3O2S/c17-7-13-14-12(8-21-22-14)15(9-1-2-9)23(13)26(24,25)11-5-3-10(4-6-11)16(18,19)20/h3-6,8-9,13,15H,1-2,7H2,(H,21,22)/t13?,15-/m1/s1. The smallest absolute Gasteiger partial charge is 0.280 e. The zero-order valence-electron chi connectivity index (χ0n) is 13.4. The van der Waals surface area contributed by atoms with Crippen molar-refractivity contribution in [1.82, 2.24) is 14.5 Å². The Morgan fingerprint density at radius 1 is 1.19 bits per heavy atom. The van der Waals surface area contributed by atoms with Gasteiger partial charge >= 0.3 is 6.18 Å². The van der Waals surface area contributed by atoms with Gasteiger partial charge in [0.05, 0.1) is 34.4 Å². The zero-order chi connectivity index (χ0) is 18.7. The molecule has 5 nitrogen and oxygen atoms in total. The Balaban J connectivity index is 1.76. The second kappa shape index (κ2) is 5.78. The predicted molar refractivity (Wildman–Crippen MR) is 83.2 cm³/mol. The van der Waals surface area contributed by atoms with Crippen LogP contribution in [0.15, 0.2) is 35.4 Å². The number of aromatic amines is 1. The number of benzene rings is 1. The second-order valence-electron chi connectivity index (χ2n) is 6.55. The van der Waals surface area contributed by atoms with Crippen molar-refractivity contribution >= 4 is 10.0 Å². The summed E-state index contributed by atoms with van der Waals surface area (Å²) in [6.07, 6.45) is -1.43. The van der Waals surface area contributed by atoms with Gasteiger partial charge in [-0.15, -0.1) is 0 Å². The molecule has 1 aliphatic carbocycles. The number of fused-ring (bicyclic) bond motifs is 1. The Morgan fingerprint density at radius 2 is 1.85 bits per heavy atom. The van der Waals surface area contributed by atoms with E-state index in [1.807, 2.05) is 0 Å². The summed E-state index contributed by atoms with van der Waals surface area (Å²) in [7, 11) is -4.18. The highest BCUT2D eigenvalue weighted by Crippen LogP contribution is 2.54. The number of halogens is 4. The summed E-state index contributed by atoms with van der Waals surface area (Å²) in [6, 6.07) is 1.69. The summed E-state index contributed by atoms with van der Waals surface area (Å²) in [4.78, 5) is -0.285. The van der Waals surface area contributed by atoms with E-state index in [0.29, 0.717) is 11.3 Å². The number of rotatable bonds is 4. The monoisotopic (exact) mass is 389 g/mol. The molecule has 2 aliphatic rings. The molecular formula is C16H15F4N3O2S. The largest absolute Gasteiger partial charge is 0.416 e. The molecule has 140 valence electrons. The summed E-state index contributed by atoms with van der Waals surface area (Å²) in [6.45, 7) is -0.946. The van der Waals surface area contributed by atoms with Crippen molar-refractivity contribution in [2.45, 2.75) is 36.0 Å². The van der Waals surface area contributed by atoms with Crippen molar-refractivity contribution in [3.05, 3.63) is 47.3 Å². The molecule has 0 bridgehead atoms. The lowest BCUT2D eigenvalue weighted by Crippen LogP contribution is -2.35. The van der Waals surface area contributed by atoms with Crippen molar-refractivity contribution in [3.63, 3.8) is 0 Å². The molecule has 0 spiro atoms. The van der Waals surface area contributed by atoms with Crippen LogP contribution in [0.5, 0.6) is 0 Å². The quantitative estimate of drug-likeness (QED) is 0.813. The molecule has 0 saturated heterocycles. The minimum atomic E-state index is -4.56. The molecule has 10 heteroatoms. The van der Waals surface area contributed by atoms with Gasteiger partial charge in [0.1, 0.15) is 6.67 Å². The summed E-state index contributed by atoms with van der Waals surface area (Å²) >= 11 is 0. The fraction of sp³-hybridized carbons (Fsp3) is 0.438. The van der Waals surface area contributed by atoms with Gasteiger partial charge in [-0.2, -0.15) is 22.6 Å². The molecule has 1 unspecified atom stereocenters. The van der Waals surface area contributed by atoms with E-state index < -0.39 is 40.5 Å². The number of nitrogens with zero attached hydrogens (tertiary/aromatic N) is 2. The van der Waals surface area contributed by atoms with Crippen LogP contribution >= 0.6 is 0 Å². The van der Waals surface area contributed by atoms with Gasteiger partial charge in [0.15, 0.2) is 0 Å². The van der Waals surface area contributed by atoms with Crippen molar-refractivity contribution in [2.24, 2.45) is 5.92 Å². The van der Waals surface area contributed by atoms with Crippen LogP contribution in [0.3, 0.4) is 0 Å². The summed E-state index contributed by atoms with van der Waals surface area (Å²) in [5.41, 5.74) is 0.124. The number of hydrogen-bond donors (Lipinski definition) is 1. The van der Waals surface area contributed by atoms with Crippen LogP contribution in [0, 0.1) is 5.92 Å². The van der Waals surface area contributed by atoms with Crippen LogP contribution < -0.4 is 0 Å². The molecule has 2 aromatic rings. The van der Waals surface area contributed by atoms with E-state index in [2.05, 4.69) is 10.2 Å². The summed E-state index contributed by atoms with van der Waals surface area (Å²) < 4.78 is 79.2. The molecule has 4 rings (SSSR count). The highest BCUT2D eigenvalue weighted by Gasteiger charge is 2.52. The van der Waals surface area contributed by atoms with Gasteiger partial charge in [0.25, 0.3) is 0 Å². The van der Waals surface area contributed by atoms with Crippen LogP contribution in [0.4, 0.5) is 17.6 Å². The van der Waals surface area contributed by atoms with Gasteiger partial charge < -0.3 is 0 Å². The van der Waals surface area contributed by atoms with Gasteiger partial charge in [-0.3, -0.25) is 5.10 Å². The Labute approximate surface area is 147 Å². The van der Waals surface area contributed by atoms with Crippen LogP contribution in [0.2, 0.25) is 0 Å². The third-order valence-electron chi connectivity index (χ3n) is 4.90. The molecule has 1 fully saturated rings. The summed E-state index contributed by atoms with van der Waals surface area (Å²) in [5, 5.41) is 6.56. The average Bonchev–Trinajstić information content (AvgIpc) is 3.21. The topological polar surface area (TPSA) is 66.1 Å². The number of H-pyrrole nitrogens is 1. The van der Waals surface area contributed by atoms with Crippen molar-refractivity contribution in [2.75, 3.05) is 6.67 Å². The fourth-order valence-corrected chi connectivity index (χ4v) is 5.34. The van der Waals surface area contributed by atoms with E-state index in [1.165, 1.54) is 6.20 Å². The third-order valence-corrected chi connectivity index (χ3v) is 6.81. The summed E-state index contributed by atoms with van der Waals surface area (Å²) in [5.74, 6) is 0.0622. The second-order valence-corrected chi connectivity index (χ2v) is 8.39. The first-order valence-electron chi connectivity index (χ1n) is 8.05. The lowest BCUT2D eigenvalue weighted by molar-refractivity contribution is -0.137. The Morgan fingerprint density at radius 3 is 2.38 bits per heavy atom. The van der Waals surface area contributed by atoms with Gasteiger partial charge in [0.2, 0.25) is 10.0 Å². The molecule has 1 aliphatic heterocycles. The van der Waals surface area contributed by atoms with Gasteiger partial charge in [-0.1, -0.05) is 0 Å². The number of nitrogens with one attached hydrogen (secondary N) is 1. The van der Waals surface area contributed by atoms with E-state index >= 15 is 0 Å². The minimum Gasteiger partial charge on any atom is -0.280 e. The first kappa shape index (κ1) is 17.5. The molecule has 0 amide bonds. The molecular weight excluding hydrogens is 374 g/mol. The van der Waals surface area contributed by atoms with Crippen LogP contribution in [-0.4, -0.2) is 29.6 Å². The van der Waals surface area contributed by atoms with E-state index in [0.717, 1.165) is 41.4 Å². The Bertz CT molecular complexity index is 920. The predicted octanol–water partition coefficient (Wildman–Crippen LogP) is 3.59. The van der Waals surface area contributed by atoms with Crippen LogP contribution in [-0.2, 0) is 16.2 Å². The molecule has 1 N–H and O–H groups in total. The van der Waals surface area contributed by atoms with Gasteiger partial charge in [-0.05, 0) is 43.0 Å². The Kier molecular flexibility index (Phi) is 3.88. The third kappa shape index (κ3) is 2.62. The van der Waals surface area contributed by atoms with Gasteiger partial charge in [-0.25, -0.2) is 12.8 Å². The number of aromatic nitrogens is 2. The highest BCUT2D eigenvalue weighted by atomic mass is 32.2. The number of hydrogen-bond acceptors (Lipinski definition) is 3. The minimum absolute atomic E-state index is 0.0622. The molecule has 26 heavy (non-hydrogen) atoms. The molecule has 2 atom stereocenters. The van der Waals surface area contributed by atoms with Crippen molar-refractivity contribution in [1.29, 1.82) is 0 Å². The average molecular weight is 389 g/mol. The fourth-order valence-electron chi connectivity index (χ4n) is 3.54. The van der Waals surface area contributed by atoms with E-state index in [4.69, 9.17) is 0 Å². The van der Waals surface area contributed by atoms with E-state index in [1.54, 1.807) is 0 Å². The van der Waals surface area contributed by atoms with E-state index in [9.17, 15) is 26.0 Å². The maximum Gasteiger partial charge on any atom is 0.416 e. The van der Waals surface area contributed by atoms with Crippen molar-refractivity contribution in [3.8, 4) is 0 Å². The first-order valence-corrected chi connectivity index (χ1v) is 9.49. The first-order chi connectivity index (χ1) is 12.2. The number of alkyl halides is 4. The lowest BCUT2D eigenvalue weighted by Gasteiger charge is -2.28. The molecule has 1 aromatic carbocycles. The normalized spacial score (nSPS) is 24.0. The molecule has 1 aromatic heterocycles.